The van der Waals surface area contributed by atoms with Gasteiger partial charge in [0.1, 0.15) is 0 Å². The van der Waals surface area contributed by atoms with Gasteiger partial charge in [0.15, 0.2) is 0 Å². The summed E-state index contributed by atoms with van der Waals surface area (Å²) >= 11 is 0. The van der Waals surface area contributed by atoms with Crippen LogP contribution in [0.5, 0.6) is 0 Å². The zero-order chi connectivity index (χ0) is 21.2. The Morgan fingerprint density at radius 3 is 2.28 bits per heavy atom. The van der Waals surface area contributed by atoms with Gasteiger partial charge in [-0.15, -0.1) is 0 Å². The number of rotatable bonds is 3. The SMILES string of the molecule is CC(C)(C)C#CC1=CCC(C)(C)c2ccc(C=Cc3ccc(C(=O)O)cc3)cc21. The van der Waals surface area contributed by atoms with Crippen LogP contribution >= 0.6 is 0 Å². The number of fused-ring (bicyclic) bond motifs is 1. The van der Waals surface area contributed by atoms with Crippen molar-refractivity contribution in [3.05, 3.63) is 76.4 Å². The summed E-state index contributed by atoms with van der Waals surface area (Å²) in [6, 6.07) is 13.5. The highest BCUT2D eigenvalue weighted by Gasteiger charge is 2.27. The lowest BCUT2D eigenvalue weighted by Crippen LogP contribution is -2.21. The highest BCUT2D eigenvalue weighted by atomic mass is 16.4. The van der Waals surface area contributed by atoms with E-state index < -0.39 is 5.97 Å². The average molecular weight is 385 g/mol. The Kier molecular flexibility index (Phi) is 5.53. The molecule has 0 aliphatic heterocycles. The van der Waals surface area contributed by atoms with Gasteiger partial charge in [0, 0.05) is 11.0 Å². The minimum atomic E-state index is -0.909. The molecular weight excluding hydrogens is 356 g/mol. The Morgan fingerprint density at radius 1 is 1.03 bits per heavy atom. The third-order valence-electron chi connectivity index (χ3n) is 5.08. The lowest BCUT2D eigenvalue weighted by atomic mass is 9.73. The predicted molar refractivity (Wildman–Crippen MR) is 122 cm³/mol. The molecule has 29 heavy (non-hydrogen) atoms. The first kappa shape index (κ1) is 20.7. The summed E-state index contributed by atoms with van der Waals surface area (Å²) in [5.74, 6) is 5.86. The van der Waals surface area contributed by atoms with E-state index in [0.717, 1.165) is 23.1 Å². The van der Waals surface area contributed by atoms with Crippen LogP contribution in [0.15, 0.2) is 48.5 Å². The van der Waals surface area contributed by atoms with E-state index in [9.17, 15) is 4.79 Å². The third kappa shape index (κ3) is 5.06. The summed E-state index contributed by atoms with van der Waals surface area (Å²) in [5.41, 5.74) is 6.08. The number of carboxylic acid groups (broad SMARTS) is 1. The molecule has 0 atom stereocenters. The van der Waals surface area contributed by atoms with Gasteiger partial charge in [-0.3, -0.25) is 0 Å². The third-order valence-corrected chi connectivity index (χ3v) is 5.08. The minimum absolute atomic E-state index is 0.0341. The lowest BCUT2D eigenvalue weighted by Gasteiger charge is -2.31. The van der Waals surface area contributed by atoms with E-state index in [-0.39, 0.29) is 10.8 Å². The first-order valence-corrected chi connectivity index (χ1v) is 9.95. The maximum Gasteiger partial charge on any atom is 0.335 e. The van der Waals surface area contributed by atoms with Crippen LogP contribution < -0.4 is 0 Å². The highest BCUT2D eigenvalue weighted by Crippen LogP contribution is 2.39. The van der Waals surface area contributed by atoms with E-state index in [1.165, 1.54) is 11.1 Å². The Labute approximate surface area is 174 Å². The van der Waals surface area contributed by atoms with E-state index in [1.807, 2.05) is 18.2 Å². The monoisotopic (exact) mass is 384 g/mol. The molecular formula is C27H28O2. The van der Waals surface area contributed by atoms with E-state index in [2.05, 4.69) is 76.8 Å². The van der Waals surface area contributed by atoms with Crippen molar-refractivity contribution in [1.29, 1.82) is 0 Å². The van der Waals surface area contributed by atoms with Gasteiger partial charge in [-0.25, -0.2) is 4.79 Å². The van der Waals surface area contributed by atoms with Crippen molar-refractivity contribution >= 4 is 23.7 Å². The quantitative estimate of drug-likeness (QED) is 0.474. The topological polar surface area (TPSA) is 37.3 Å². The molecule has 0 bridgehead atoms. The van der Waals surface area contributed by atoms with E-state index in [4.69, 9.17) is 5.11 Å². The van der Waals surface area contributed by atoms with Crippen LogP contribution in [-0.2, 0) is 5.41 Å². The molecule has 0 amide bonds. The number of benzene rings is 2. The van der Waals surface area contributed by atoms with Crippen molar-refractivity contribution in [3.8, 4) is 11.8 Å². The number of aromatic carboxylic acids is 1. The second kappa shape index (κ2) is 7.76. The van der Waals surface area contributed by atoms with Crippen LogP contribution in [0.2, 0.25) is 0 Å². The van der Waals surface area contributed by atoms with Gasteiger partial charge in [0.05, 0.1) is 5.56 Å². The maximum atomic E-state index is 11.0. The normalized spacial score (nSPS) is 15.3. The number of allylic oxidation sites excluding steroid dienone is 2. The summed E-state index contributed by atoms with van der Waals surface area (Å²) in [6.45, 7) is 10.9. The second-order valence-electron chi connectivity index (χ2n) is 9.27. The Balaban J connectivity index is 1.94. The Bertz CT molecular complexity index is 1050. The molecule has 2 aromatic rings. The number of hydrogen-bond donors (Lipinski definition) is 1. The molecule has 0 fully saturated rings. The van der Waals surface area contributed by atoms with Crippen molar-refractivity contribution < 1.29 is 9.90 Å². The molecule has 2 heteroatoms. The Hall–Kier alpha value is -3.05. The predicted octanol–water partition coefficient (Wildman–Crippen LogP) is 6.67. The molecule has 1 N–H and O–H groups in total. The van der Waals surface area contributed by atoms with E-state index in [0.29, 0.717) is 5.56 Å². The summed E-state index contributed by atoms with van der Waals surface area (Å²) in [7, 11) is 0. The van der Waals surface area contributed by atoms with Crippen LogP contribution in [0.3, 0.4) is 0 Å². The maximum absolute atomic E-state index is 11.0. The average Bonchev–Trinajstić information content (AvgIpc) is 2.65. The molecule has 1 aliphatic rings. The smallest absolute Gasteiger partial charge is 0.335 e. The van der Waals surface area contributed by atoms with Crippen LogP contribution in [-0.4, -0.2) is 11.1 Å². The van der Waals surface area contributed by atoms with Crippen LogP contribution in [0.25, 0.3) is 17.7 Å². The van der Waals surface area contributed by atoms with E-state index >= 15 is 0 Å². The van der Waals surface area contributed by atoms with Gasteiger partial charge in [-0.1, -0.05) is 68.2 Å². The van der Waals surface area contributed by atoms with Gasteiger partial charge >= 0.3 is 5.97 Å². The summed E-state index contributed by atoms with van der Waals surface area (Å²) in [6.07, 6.45) is 7.32. The minimum Gasteiger partial charge on any atom is -0.478 e. The first-order valence-electron chi connectivity index (χ1n) is 9.95. The van der Waals surface area contributed by atoms with Crippen molar-refractivity contribution in [2.75, 3.05) is 0 Å². The molecule has 0 radical (unpaired) electrons. The van der Waals surface area contributed by atoms with Crippen molar-refractivity contribution in [2.45, 2.75) is 46.5 Å². The van der Waals surface area contributed by atoms with Gasteiger partial charge in [0.2, 0.25) is 0 Å². The van der Waals surface area contributed by atoms with E-state index in [1.54, 1.807) is 12.1 Å². The summed E-state index contributed by atoms with van der Waals surface area (Å²) < 4.78 is 0. The lowest BCUT2D eigenvalue weighted by molar-refractivity contribution is 0.0697. The molecule has 148 valence electrons. The molecule has 0 spiro atoms. The largest absolute Gasteiger partial charge is 0.478 e. The molecule has 0 saturated heterocycles. The zero-order valence-corrected chi connectivity index (χ0v) is 17.8. The molecule has 0 saturated carbocycles. The standard InChI is InChI=1S/C27H28O2/c1-26(2,3)16-14-21-15-17-27(4,5)24-13-10-20(18-23(21)24)7-6-19-8-11-22(12-9-19)25(28)29/h6-13,15,18H,17H2,1-5H3,(H,28,29). The molecule has 2 nitrogen and oxygen atoms in total. The van der Waals surface area contributed by atoms with Gasteiger partial charge in [0.25, 0.3) is 0 Å². The fourth-order valence-electron chi connectivity index (χ4n) is 3.36. The molecule has 0 unspecified atom stereocenters. The van der Waals surface area contributed by atoms with Crippen molar-refractivity contribution in [3.63, 3.8) is 0 Å². The van der Waals surface area contributed by atoms with Gasteiger partial charge in [-0.05, 0) is 73.1 Å². The fraction of sp³-hybridized carbons (Fsp3) is 0.296. The number of carboxylic acids is 1. The highest BCUT2D eigenvalue weighted by molar-refractivity contribution is 5.88. The molecule has 0 heterocycles. The number of hydrogen-bond acceptors (Lipinski definition) is 1. The zero-order valence-electron chi connectivity index (χ0n) is 17.8. The summed E-state index contributed by atoms with van der Waals surface area (Å²) in [4.78, 5) is 11.0. The Morgan fingerprint density at radius 2 is 1.66 bits per heavy atom. The van der Waals surface area contributed by atoms with Crippen LogP contribution in [0, 0.1) is 17.3 Å². The molecule has 1 aliphatic carbocycles. The number of carbonyl (C=O) groups is 1. The fourth-order valence-corrected chi connectivity index (χ4v) is 3.36. The van der Waals surface area contributed by atoms with Crippen molar-refractivity contribution in [1.82, 2.24) is 0 Å². The molecule has 3 rings (SSSR count). The van der Waals surface area contributed by atoms with Gasteiger partial charge in [-0.2, -0.15) is 0 Å². The van der Waals surface area contributed by atoms with Crippen molar-refractivity contribution in [2.24, 2.45) is 5.41 Å². The summed E-state index contributed by atoms with van der Waals surface area (Å²) in [5, 5.41) is 9.02. The first-order chi connectivity index (χ1) is 13.5. The molecule has 2 aromatic carbocycles. The molecule has 0 aromatic heterocycles. The van der Waals surface area contributed by atoms with Gasteiger partial charge < -0.3 is 5.11 Å². The van der Waals surface area contributed by atoms with Crippen LogP contribution in [0.4, 0.5) is 0 Å². The second-order valence-corrected chi connectivity index (χ2v) is 9.27. The van der Waals surface area contributed by atoms with Crippen LogP contribution in [0.1, 0.15) is 73.7 Å².